The van der Waals surface area contributed by atoms with Crippen LogP contribution in [0.3, 0.4) is 0 Å². The van der Waals surface area contributed by atoms with Crippen molar-refractivity contribution in [3.8, 4) is 39.0 Å². The second kappa shape index (κ2) is 29.0. The first-order valence-corrected chi connectivity index (χ1v) is 31.2. The predicted octanol–water partition coefficient (Wildman–Crippen LogP) is 19.2. The van der Waals surface area contributed by atoms with Gasteiger partial charge in [0.2, 0.25) is 12.3 Å². The molecular formula is C60H74N2O2S6. The molecule has 1 aromatic carbocycles. The number of thiophene rings is 6. The summed E-state index contributed by atoms with van der Waals surface area (Å²) < 4.78 is 0. The Labute approximate surface area is 443 Å². The van der Waals surface area contributed by atoms with Crippen molar-refractivity contribution in [2.45, 2.75) is 156 Å². The Hall–Kier alpha value is -3.90. The largest absolute Gasteiger partial charge is 0.328 e. The number of anilines is 2. The summed E-state index contributed by atoms with van der Waals surface area (Å²) in [6.45, 7) is 9.17. The number of carbonyl (C=O) groups excluding carboxylic acids is 2. The summed E-state index contributed by atoms with van der Waals surface area (Å²) in [6.07, 6.45) is 28.9. The molecule has 1 atom stereocenters. The van der Waals surface area contributed by atoms with Gasteiger partial charge >= 0.3 is 0 Å². The fraction of sp³-hybridized carbons (Fsp3) is 0.433. The van der Waals surface area contributed by atoms with E-state index in [-0.39, 0.29) is 5.91 Å². The third-order valence-electron chi connectivity index (χ3n) is 13.5. The summed E-state index contributed by atoms with van der Waals surface area (Å²) in [5.74, 6) is 0.462. The second-order valence-corrected chi connectivity index (χ2v) is 25.1. The molecule has 7 aromatic rings. The number of carbonyl (C=O) groups is 2. The molecule has 1 N–H and O–H groups in total. The van der Waals surface area contributed by atoms with Crippen molar-refractivity contribution in [1.29, 1.82) is 0 Å². The quantitative estimate of drug-likeness (QED) is 0.0348. The van der Waals surface area contributed by atoms with E-state index in [2.05, 4.69) is 133 Å². The molecule has 0 spiro atoms. The molecule has 0 saturated carbocycles. The zero-order valence-corrected chi connectivity index (χ0v) is 46.9. The van der Waals surface area contributed by atoms with Crippen LogP contribution in [0.5, 0.6) is 0 Å². The monoisotopic (exact) mass is 1050 g/mol. The van der Waals surface area contributed by atoms with Crippen LogP contribution >= 0.6 is 68.0 Å². The van der Waals surface area contributed by atoms with Crippen molar-refractivity contribution in [2.75, 3.05) is 16.8 Å². The molecule has 4 nitrogen and oxygen atoms in total. The lowest BCUT2D eigenvalue weighted by Gasteiger charge is -2.28. The van der Waals surface area contributed by atoms with Crippen LogP contribution in [-0.4, -0.2) is 18.9 Å². The minimum atomic E-state index is 0.0579. The molecule has 6 heterocycles. The molecule has 0 aliphatic carbocycles. The van der Waals surface area contributed by atoms with Crippen LogP contribution in [-0.2, 0) is 9.59 Å². The van der Waals surface area contributed by atoms with Crippen LogP contribution in [0.25, 0.3) is 50.7 Å². The number of benzene rings is 1. The molecule has 0 aliphatic heterocycles. The Kier molecular flexibility index (Phi) is 22.3. The molecule has 372 valence electrons. The normalized spacial score (nSPS) is 12.7. The van der Waals surface area contributed by atoms with Gasteiger partial charge in [0.1, 0.15) is 0 Å². The minimum Gasteiger partial charge on any atom is -0.328 e. The van der Waals surface area contributed by atoms with Crippen LogP contribution in [0.4, 0.5) is 11.4 Å². The van der Waals surface area contributed by atoms with Gasteiger partial charge in [-0.25, -0.2) is 0 Å². The number of nitrogens with one attached hydrogen (secondary N) is 1. The highest BCUT2D eigenvalue weighted by molar-refractivity contribution is 7.27. The van der Waals surface area contributed by atoms with Gasteiger partial charge in [-0.2, -0.15) is 0 Å². The molecular weight excluding hydrogens is 973 g/mol. The Morgan fingerprint density at radius 1 is 0.557 bits per heavy atom. The number of rotatable bonds is 31. The van der Waals surface area contributed by atoms with Crippen LogP contribution in [0.1, 0.15) is 166 Å². The predicted molar refractivity (Wildman–Crippen MR) is 314 cm³/mol. The lowest BCUT2D eigenvalue weighted by Crippen LogP contribution is -2.38. The molecule has 7 rings (SSSR count). The maximum absolute atomic E-state index is 14.3. The summed E-state index contributed by atoms with van der Waals surface area (Å²) in [5.41, 5.74) is 2.72. The third-order valence-corrected chi connectivity index (χ3v) is 20.4. The zero-order valence-electron chi connectivity index (χ0n) is 42.0. The number of hydrogen-bond donors (Lipinski definition) is 1. The standard InChI is InChI=1S/C60H74N2O2S6/c1-5-7-9-11-13-15-16-18-20-22-26-46(25-21-19-17-14-12-10-8-6-2)42-62(45(4)64)51-41-49(44(3)52-31-32-59(68-52)60-36-34-56(70-60)54-28-24-38-66-54)50(61-43-63)40-47(51)39-48-29-30-57(67-48)58-35-33-55(69-58)53-27-23-37-65-53/h23-24,27-41,43,46H,5-22,25-26,42H2,1-4H3,(H,61,63)/b47-39+,49-44+. The Balaban J connectivity index is 1.21. The molecule has 0 saturated heterocycles. The lowest BCUT2D eigenvalue weighted by molar-refractivity contribution is -0.116. The first-order valence-electron chi connectivity index (χ1n) is 26.2. The summed E-state index contributed by atoms with van der Waals surface area (Å²) in [7, 11) is 0. The highest BCUT2D eigenvalue weighted by Crippen LogP contribution is 2.41. The van der Waals surface area contributed by atoms with E-state index in [4.69, 9.17) is 0 Å². The molecule has 0 radical (unpaired) electrons. The van der Waals surface area contributed by atoms with Gasteiger partial charge in [0.05, 0.1) is 5.69 Å². The SMILES string of the molecule is CCCCCCCCCCCCC(CCCCCCCCCC)CN(C(C)=O)c1c/c(=C(/C)c2ccc(-c3ccc(-c4cccs4)s3)s2)c(NC=O)c/c1=C\c1ccc(-c2ccc(-c3cccs3)s2)s1. The van der Waals surface area contributed by atoms with Crippen LogP contribution in [0.15, 0.2) is 95.7 Å². The highest BCUT2D eigenvalue weighted by Gasteiger charge is 2.21. The van der Waals surface area contributed by atoms with Crippen LogP contribution in [0, 0.1) is 5.92 Å². The summed E-state index contributed by atoms with van der Waals surface area (Å²) in [4.78, 5) is 41.1. The van der Waals surface area contributed by atoms with E-state index in [0.717, 1.165) is 56.4 Å². The number of nitrogens with zero attached hydrogens (tertiary/aromatic N) is 1. The molecule has 10 heteroatoms. The van der Waals surface area contributed by atoms with E-state index < -0.39 is 0 Å². The van der Waals surface area contributed by atoms with Crippen molar-refractivity contribution in [3.05, 3.63) is 116 Å². The van der Waals surface area contributed by atoms with Crippen molar-refractivity contribution < 1.29 is 9.59 Å². The summed E-state index contributed by atoms with van der Waals surface area (Å²) in [6, 6.07) is 30.7. The summed E-state index contributed by atoms with van der Waals surface area (Å²) >= 11 is 10.7. The average molecular weight is 1050 g/mol. The second-order valence-electron chi connectivity index (χ2n) is 18.9. The molecule has 0 fully saturated rings. The van der Waals surface area contributed by atoms with E-state index >= 15 is 0 Å². The number of amides is 2. The molecule has 6 aromatic heterocycles. The van der Waals surface area contributed by atoms with Gasteiger partial charge in [-0.05, 0) is 121 Å². The van der Waals surface area contributed by atoms with E-state index in [9.17, 15) is 9.59 Å². The van der Waals surface area contributed by atoms with E-state index in [1.165, 1.54) is 155 Å². The molecule has 0 aliphatic rings. The third kappa shape index (κ3) is 15.8. The van der Waals surface area contributed by atoms with Gasteiger partial charge in [-0.3, -0.25) is 9.59 Å². The topological polar surface area (TPSA) is 49.4 Å². The van der Waals surface area contributed by atoms with Crippen molar-refractivity contribution in [3.63, 3.8) is 0 Å². The number of hydrogen-bond acceptors (Lipinski definition) is 8. The van der Waals surface area contributed by atoms with Gasteiger partial charge in [-0.15, -0.1) is 68.0 Å². The van der Waals surface area contributed by atoms with Crippen molar-refractivity contribution in [1.82, 2.24) is 0 Å². The van der Waals surface area contributed by atoms with E-state index in [0.29, 0.717) is 12.5 Å². The Morgan fingerprint density at radius 2 is 1.03 bits per heavy atom. The van der Waals surface area contributed by atoms with E-state index in [1.54, 1.807) is 52.3 Å². The van der Waals surface area contributed by atoms with Crippen molar-refractivity contribution >= 4 is 103 Å². The zero-order chi connectivity index (χ0) is 48.9. The first-order chi connectivity index (χ1) is 34.3. The minimum absolute atomic E-state index is 0.0579. The van der Waals surface area contributed by atoms with Gasteiger partial charge in [0.15, 0.2) is 0 Å². The smallest absolute Gasteiger partial charge is 0.223 e. The first kappa shape index (κ1) is 53.9. The van der Waals surface area contributed by atoms with Gasteiger partial charge in [0.25, 0.3) is 0 Å². The fourth-order valence-corrected chi connectivity index (χ4v) is 15.3. The highest BCUT2D eigenvalue weighted by atomic mass is 32.1. The van der Waals surface area contributed by atoms with Gasteiger partial charge < -0.3 is 10.2 Å². The Morgan fingerprint density at radius 3 is 1.53 bits per heavy atom. The van der Waals surface area contributed by atoms with Crippen LogP contribution in [0.2, 0.25) is 0 Å². The van der Waals surface area contributed by atoms with E-state index in [1.807, 2.05) is 22.7 Å². The Bertz CT molecular complexity index is 2750. The molecule has 0 bridgehead atoms. The maximum Gasteiger partial charge on any atom is 0.223 e. The maximum atomic E-state index is 14.3. The molecule has 2 amide bonds. The van der Waals surface area contributed by atoms with Crippen LogP contribution < -0.4 is 20.7 Å². The molecule has 70 heavy (non-hydrogen) atoms. The van der Waals surface area contributed by atoms with Crippen molar-refractivity contribution in [2.24, 2.45) is 5.92 Å². The average Bonchev–Trinajstić information content (AvgIpc) is 4.22. The van der Waals surface area contributed by atoms with Gasteiger partial charge in [0, 0.05) is 78.4 Å². The van der Waals surface area contributed by atoms with Gasteiger partial charge in [-0.1, -0.05) is 142 Å². The molecule has 1 unspecified atom stereocenters. The fourth-order valence-electron chi connectivity index (χ4n) is 9.48. The lowest BCUT2D eigenvalue weighted by atomic mass is 9.93. The summed E-state index contributed by atoms with van der Waals surface area (Å²) in [5, 5.41) is 9.24. The number of unbranched alkanes of at least 4 members (excludes halogenated alkanes) is 16.